The number of esters is 2. The molecule has 0 saturated carbocycles. The largest absolute Gasteiger partial charge is 0.493 e. The molecule has 254 valence electrons. The highest BCUT2D eigenvalue weighted by molar-refractivity contribution is 7.17. The summed E-state index contributed by atoms with van der Waals surface area (Å²) < 4.78 is 23.3. The lowest BCUT2D eigenvalue weighted by atomic mass is 9.86. The number of thiophene rings is 1. The van der Waals surface area contributed by atoms with E-state index in [1.165, 1.54) is 29.3 Å². The van der Waals surface area contributed by atoms with E-state index in [-0.39, 0.29) is 18.5 Å². The van der Waals surface area contributed by atoms with E-state index < -0.39 is 17.6 Å². The monoisotopic (exact) mass is 711 g/mol. The summed E-state index contributed by atoms with van der Waals surface area (Å²) in [7, 11) is 5.19. The number of carbonyl (C=O) groups excluding carboxylic acids is 2. The zero-order chi connectivity index (χ0) is 33.8. The third-order valence-corrected chi connectivity index (χ3v) is 11.0. The van der Waals surface area contributed by atoms with E-state index in [2.05, 4.69) is 34.4 Å². The fraction of sp³-hybridized carbons (Fsp3) is 0.417. The van der Waals surface area contributed by atoms with E-state index >= 15 is 0 Å². The van der Waals surface area contributed by atoms with Gasteiger partial charge in [0.2, 0.25) is 0 Å². The Morgan fingerprint density at radius 3 is 2.54 bits per heavy atom. The second-order valence-corrected chi connectivity index (χ2v) is 14.2. The highest BCUT2D eigenvalue weighted by atomic mass is 35.5. The van der Waals surface area contributed by atoms with Crippen LogP contribution >= 0.6 is 34.5 Å². The fourth-order valence-corrected chi connectivity index (χ4v) is 8.07. The molecule has 9 nitrogen and oxygen atoms in total. The van der Waals surface area contributed by atoms with E-state index in [0.29, 0.717) is 49.0 Å². The van der Waals surface area contributed by atoms with E-state index in [1.807, 2.05) is 12.1 Å². The third kappa shape index (κ3) is 7.22. The Morgan fingerprint density at radius 1 is 1.06 bits per heavy atom. The van der Waals surface area contributed by atoms with Crippen LogP contribution in [0.25, 0.3) is 0 Å². The molecule has 0 bridgehead atoms. The number of benzene rings is 1. The topological polar surface area (TPSA) is 99.2 Å². The van der Waals surface area contributed by atoms with Gasteiger partial charge in [0.25, 0.3) is 0 Å². The minimum Gasteiger partial charge on any atom is -0.493 e. The number of pyridine rings is 1. The van der Waals surface area contributed by atoms with Gasteiger partial charge in [-0.05, 0) is 92.1 Å². The molecule has 0 spiro atoms. The number of rotatable bonds is 11. The minimum atomic E-state index is -0.980. The molecule has 2 aromatic heterocycles. The Labute approximate surface area is 294 Å². The fourth-order valence-electron chi connectivity index (χ4n) is 6.69. The molecule has 3 aliphatic rings. The molecule has 0 radical (unpaired) electrons. The van der Waals surface area contributed by atoms with Crippen molar-refractivity contribution in [3.63, 3.8) is 0 Å². The van der Waals surface area contributed by atoms with Gasteiger partial charge in [0, 0.05) is 31.9 Å². The van der Waals surface area contributed by atoms with Gasteiger partial charge in [-0.3, -0.25) is 4.98 Å². The van der Waals surface area contributed by atoms with Crippen molar-refractivity contribution in [1.29, 1.82) is 0 Å². The summed E-state index contributed by atoms with van der Waals surface area (Å²) in [5, 5.41) is 4.98. The van der Waals surface area contributed by atoms with Crippen LogP contribution in [0.5, 0.6) is 11.5 Å². The summed E-state index contributed by atoms with van der Waals surface area (Å²) >= 11 is 14.2. The molecule has 1 aromatic carbocycles. The predicted molar refractivity (Wildman–Crippen MR) is 188 cm³/mol. The molecule has 1 saturated heterocycles. The number of anilines is 1. The first-order valence-corrected chi connectivity index (χ1v) is 17.7. The maximum atomic E-state index is 14.1. The number of nitrogens with zero attached hydrogens (tertiary/aromatic N) is 2. The van der Waals surface area contributed by atoms with Crippen molar-refractivity contribution in [2.75, 3.05) is 39.7 Å². The molecule has 1 aliphatic heterocycles. The molecule has 2 atom stereocenters. The van der Waals surface area contributed by atoms with Gasteiger partial charge in [-0.1, -0.05) is 41.4 Å². The molecular formula is C36H39Cl2N3O6S. The maximum Gasteiger partial charge on any atom is 0.349 e. The van der Waals surface area contributed by atoms with Crippen molar-refractivity contribution < 1.29 is 28.5 Å². The van der Waals surface area contributed by atoms with E-state index in [1.54, 1.807) is 32.4 Å². The average molecular weight is 713 g/mol. The number of piperidine rings is 1. The predicted octanol–water partition coefficient (Wildman–Crippen LogP) is 7.84. The molecular weight excluding hydrogens is 673 g/mol. The van der Waals surface area contributed by atoms with Gasteiger partial charge in [-0.15, -0.1) is 11.3 Å². The maximum absolute atomic E-state index is 14.1. The van der Waals surface area contributed by atoms with Crippen LogP contribution in [0.2, 0.25) is 10.0 Å². The number of likely N-dealkylation sites (tertiary alicyclic amines) is 1. The van der Waals surface area contributed by atoms with Crippen LogP contribution in [0, 0.1) is 0 Å². The van der Waals surface area contributed by atoms with Crippen molar-refractivity contribution in [3.8, 4) is 11.5 Å². The van der Waals surface area contributed by atoms with Crippen molar-refractivity contribution in [3.05, 3.63) is 92.1 Å². The van der Waals surface area contributed by atoms with Crippen molar-refractivity contribution >= 4 is 51.5 Å². The van der Waals surface area contributed by atoms with E-state index in [9.17, 15) is 9.59 Å². The second kappa shape index (κ2) is 14.9. The smallest absolute Gasteiger partial charge is 0.349 e. The van der Waals surface area contributed by atoms with Crippen LogP contribution in [0.1, 0.15) is 65.4 Å². The van der Waals surface area contributed by atoms with Crippen molar-refractivity contribution in [1.82, 2.24) is 9.88 Å². The summed E-state index contributed by atoms with van der Waals surface area (Å²) in [5.74, 6) is 0.270. The number of methoxy groups -OCH3 is 2. The average Bonchev–Trinajstić information content (AvgIpc) is 3.72. The molecule has 48 heavy (non-hydrogen) atoms. The number of allylic oxidation sites excluding steroid dienone is 3. The van der Waals surface area contributed by atoms with Crippen molar-refractivity contribution in [2.24, 2.45) is 0 Å². The molecule has 2 aliphatic carbocycles. The first-order chi connectivity index (χ1) is 23.2. The Morgan fingerprint density at radius 2 is 1.81 bits per heavy atom. The number of hydrogen-bond acceptors (Lipinski definition) is 10. The van der Waals surface area contributed by atoms with Crippen LogP contribution in [-0.2, 0) is 20.7 Å². The van der Waals surface area contributed by atoms with Gasteiger partial charge in [0.05, 0.1) is 29.3 Å². The van der Waals surface area contributed by atoms with Gasteiger partial charge in [0.1, 0.15) is 17.1 Å². The molecule has 1 N–H and O–H groups in total. The number of hydrogen-bond donors (Lipinski definition) is 1. The van der Waals surface area contributed by atoms with E-state index in [0.717, 1.165) is 50.8 Å². The number of ether oxygens (including phenoxy) is 4. The van der Waals surface area contributed by atoms with Crippen LogP contribution in [0.3, 0.4) is 0 Å². The zero-order valence-corrected chi connectivity index (χ0v) is 29.6. The van der Waals surface area contributed by atoms with E-state index in [4.69, 9.17) is 42.1 Å². The molecule has 6 rings (SSSR count). The molecule has 0 amide bonds. The standard InChI is InChI=1S/C36H39Cl2N3O6S/c1-41-16-13-24(14-17-41)46-35(43)36(15-12-22-6-4-5-7-26(22)36)40-33-11-10-32(48-33)34(42)47-30(19-25-27(37)20-39-21-28(25)38)23-8-9-29(44-2)31(18-23)45-3/h4,6,8-11,18,20-21,24,30,40H,5,7,12-17,19H2,1-3H3/t30-,36?/m0/s1. The zero-order valence-electron chi connectivity index (χ0n) is 27.2. The Kier molecular flexibility index (Phi) is 10.6. The Balaban J connectivity index is 1.25. The first-order valence-electron chi connectivity index (χ1n) is 16.1. The lowest BCUT2D eigenvalue weighted by molar-refractivity contribution is -0.155. The number of nitrogens with one attached hydrogen (secondary N) is 1. The van der Waals surface area contributed by atoms with Crippen LogP contribution in [-0.4, -0.2) is 67.8 Å². The van der Waals surface area contributed by atoms with Gasteiger partial charge in [-0.25, -0.2) is 9.59 Å². The normalized spacial score (nSPS) is 20.3. The molecule has 1 unspecified atom stereocenters. The molecule has 12 heteroatoms. The number of halogens is 2. The second-order valence-electron chi connectivity index (χ2n) is 12.3. The first kappa shape index (κ1) is 34.3. The SMILES string of the molecule is COc1ccc([C@H](Cc2c(Cl)cncc2Cl)OC(=O)c2ccc(NC3(C(=O)OC4CCN(C)CC4)CCC4=C3CCC=C4)s2)cc1OC. The summed E-state index contributed by atoms with van der Waals surface area (Å²) in [6.45, 7) is 1.80. The highest BCUT2D eigenvalue weighted by Gasteiger charge is 2.49. The summed E-state index contributed by atoms with van der Waals surface area (Å²) in [6.07, 6.45) is 11.3. The molecule has 1 fully saturated rings. The lowest BCUT2D eigenvalue weighted by Gasteiger charge is -2.36. The van der Waals surface area contributed by atoms with Crippen molar-refractivity contribution in [2.45, 2.75) is 62.7 Å². The Hall–Kier alpha value is -3.57. The van der Waals surface area contributed by atoms with Gasteiger partial charge in [-0.2, -0.15) is 0 Å². The summed E-state index contributed by atoms with van der Waals surface area (Å²) in [4.78, 5) is 34.5. The highest BCUT2D eigenvalue weighted by Crippen LogP contribution is 2.45. The van der Waals surface area contributed by atoms with Gasteiger partial charge >= 0.3 is 11.9 Å². The number of aromatic nitrogens is 1. The van der Waals surface area contributed by atoms with Crippen LogP contribution in [0.15, 0.2) is 66.0 Å². The van der Waals surface area contributed by atoms with Gasteiger partial charge in [0.15, 0.2) is 17.0 Å². The van der Waals surface area contributed by atoms with Gasteiger partial charge < -0.3 is 29.2 Å². The summed E-state index contributed by atoms with van der Waals surface area (Å²) in [5.41, 5.74) is 2.57. The van der Waals surface area contributed by atoms with Crippen LogP contribution in [0.4, 0.5) is 5.00 Å². The quantitative estimate of drug-likeness (QED) is 0.200. The third-order valence-electron chi connectivity index (χ3n) is 9.35. The molecule has 3 heterocycles. The Bertz CT molecular complexity index is 1710. The summed E-state index contributed by atoms with van der Waals surface area (Å²) in [6, 6.07) is 8.88. The minimum absolute atomic E-state index is 0.110. The van der Waals surface area contributed by atoms with Crippen LogP contribution < -0.4 is 14.8 Å². The number of carbonyl (C=O) groups is 2. The molecule has 3 aromatic rings. The lowest BCUT2D eigenvalue weighted by Crippen LogP contribution is -2.49.